The minimum atomic E-state index is -0.398. The van der Waals surface area contributed by atoms with Gasteiger partial charge >= 0.3 is 5.97 Å². The van der Waals surface area contributed by atoms with E-state index in [4.69, 9.17) is 16.3 Å². The van der Waals surface area contributed by atoms with Gasteiger partial charge in [-0.05, 0) is 55.5 Å². The van der Waals surface area contributed by atoms with Gasteiger partial charge in [-0.2, -0.15) is 0 Å². The van der Waals surface area contributed by atoms with Gasteiger partial charge in [0.1, 0.15) is 6.10 Å². The van der Waals surface area contributed by atoms with E-state index in [1.165, 1.54) is 0 Å². The average Bonchev–Trinajstić information content (AvgIpc) is 2.82. The summed E-state index contributed by atoms with van der Waals surface area (Å²) in [7, 11) is 0. The highest BCUT2D eigenvalue weighted by atomic mass is 35.5. The summed E-state index contributed by atoms with van der Waals surface area (Å²) < 4.78 is 6.25. The number of ether oxygens (including phenoxy) is 1. The molecule has 4 nitrogen and oxygen atoms in total. The van der Waals surface area contributed by atoms with Crippen molar-refractivity contribution in [1.82, 2.24) is 9.88 Å². The van der Waals surface area contributed by atoms with Crippen LogP contribution >= 0.6 is 11.6 Å². The SMILES string of the molecule is C=CC1CN2CCC1CC2C(OC(=O)c1ccccc1Cl)c1ccnc2ccccc12. The predicted octanol–water partition coefficient (Wildman–Crippen LogP) is 5.68. The molecule has 4 heterocycles. The van der Waals surface area contributed by atoms with E-state index in [1.54, 1.807) is 24.4 Å². The molecule has 0 N–H and O–H groups in total. The minimum absolute atomic E-state index is 0.118. The number of hydrogen-bond acceptors (Lipinski definition) is 4. The Hall–Kier alpha value is -2.69. The standard InChI is InChI=1S/C26H25ClN2O2/c1-2-17-16-29-14-12-18(17)15-24(29)25(31-26(30)21-8-3-5-9-22(21)27)20-11-13-28-23-10-6-4-7-19(20)23/h2-11,13,17-18,24-25H,1,12,14-16H2. The number of nitrogens with zero attached hydrogens (tertiary/aromatic N) is 2. The number of para-hydroxylation sites is 1. The fourth-order valence-electron chi connectivity index (χ4n) is 5.21. The molecule has 3 saturated heterocycles. The lowest BCUT2D eigenvalue weighted by Crippen LogP contribution is -2.55. The van der Waals surface area contributed by atoms with Crippen LogP contribution in [0.25, 0.3) is 10.9 Å². The maximum atomic E-state index is 13.2. The van der Waals surface area contributed by atoms with Gasteiger partial charge in [0.05, 0.1) is 22.1 Å². The first-order chi connectivity index (χ1) is 15.2. The van der Waals surface area contributed by atoms with Gasteiger partial charge in [-0.25, -0.2) is 4.79 Å². The lowest BCUT2D eigenvalue weighted by molar-refractivity contribution is -0.0568. The van der Waals surface area contributed by atoms with Gasteiger partial charge < -0.3 is 4.74 Å². The summed E-state index contributed by atoms with van der Waals surface area (Å²) >= 11 is 6.30. The number of pyridine rings is 1. The van der Waals surface area contributed by atoms with Crippen molar-refractivity contribution in [2.75, 3.05) is 13.1 Å². The molecule has 0 amide bonds. The molecular weight excluding hydrogens is 408 g/mol. The van der Waals surface area contributed by atoms with Gasteiger partial charge in [-0.15, -0.1) is 6.58 Å². The Balaban J connectivity index is 1.55. The zero-order valence-electron chi connectivity index (χ0n) is 17.3. The van der Waals surface area contributed by atoms with Crippen LogP contribution in [0.3, 0.4) is 0 Å². The molecule has 2 aromatic carbocycles. The van der Waals surface area contributed by atoms with Crippen molar-refractivity contribution < 1.29 is 9.53 Å². The van der Waals surface area contributed by atoms with Gasteiger partial charge in [0, 0.05) is 23.7 Å². The van der Waals surface area contributed by atoms with E-state index in [1.807, 2.05) is 30.3 Å². The third-order valence-electron chi connectivity index (χ3n) is 6.82. The van der Waals surface area contributed by atoms with Crippen LogP contribution in [0.5, 0.6) is 0 Å². The van der Waals surface area contributed by atoms with Gasteiger partial charge in [-0.1, -0.05) is 48.0 Å². The molecule has 3 fully saturated rings. The van der Waals surface area contributed by atoms with Crippen molar-refractivity contribution in [3.63, 3.8) is 0 Å². The summed E-state index contributed by atoms with van der Waals surface area (Å²) in [6, 6.07) is 17.2. The number of carbonyl (C=O) groups is 1. The van der Waals surface area contributed by atoms with Crippen LogP contribution in [-0.4, -0.2) is 35.0 Å². The number of fused-ring (bicyclic) bond motifs is 4. The van der Waals surface area contributed by atoms with Crippen LogP contribution in [0, 0.1) is 11.8 Å². The van der Waals surface area contributed by atoms with Crippen LogP contribution in [-0.2, 0) is 4.74 Å². The summed E-state index contributed by atoms with van der Waals surface area (Å²) in [6.07, 6.45) is 5.63. The van der Waals surface area contributed by atoms with Crippen LogP contribution in [0.2, 0.25) is 5.02 Å². The Morgan fingerprint density at radius 1 is 1.19 bits per heavy atom. The number of piperidine rings is 3. The second-order valence-electron chi connectivity index (χ2n) is 8.47. The number of aromatic nitrogens is 1. The lowest BCUT2D eigenvalue weighted by atomic mass is 9.73. The first-order valence-electron chi connectivity index (χ1n) is 10.8. The van der Waals surface area contributed by atoms with E-state index in [-0.39, 0.29) is 12.0 Å². The molecule has 0 radical (unpaired) electrons. The maximum Gasteiger partial charge on any atom is 0.340 e. The molecule has 5 atom stereocenters. The van der Waals surface area contributed by atoms with Gasteiger partial charge in [0.25, 0.3) is 0 Å². The predicted molar refractivity (Wildman–Crippen MR) is 123 cm³/mol. The zero-order valence-corrected chi connectivity index (χ0v) is 18.0. The van der Waals surface area contributed by atoms with Crippen molar-refractivity contribution in [3.05, 3.63) is 89.6 Å². The quantitative estimate of drug-likeness (QED) is 0.384. The first-order valence-corrected chi connectivity index (χ1v) is 11.2. The van der Waals surface area contributed by atoms with Crippen molar-refractivity contribution in [2.45, 2.75) is 25.0 Å². The van der Waals surface area contributed by atoms with E-state index in [0.29, 0.717) is 22.4 Å². The van der Waals surface area contributed by atoms with Gasteiger partial charge in [-0.3, -0.25) is 9.88 Å². The summed E-state index contributed by atoms with van der Waals surface area (Å²) in [5.41, 5.74) is 2.30. The van der Waals surface area contributed by atoms with Crippen LogP contribution in [0.4, 0.5) is 0 Å². The number of esters is 1. The molecule has 5 heteroatoms. The monoisotopic (exact) mass is 432 g/mol. The molecule has 3 aliphatic rings. The summed E-state index contributed by atoms with van der Waals surface area (Å²) in [5.74, 6) is 0.681. The molecule has 3 aromatic rings. The van der Waals surface area contributed by atoms with E-state index in [2.05, 4.69) is 28.6 Å². The second-order valence-corrected chi connectivity index (χ2v) is 8.88. The Kier molecular flexibility index (Phi) is 5.51. The van der Waals surface area contributed by atoms with Crippen molar-refractivity contribution in [3.8, 4) is 0 Å². The number of rotatable bonds is 5. The number of benzene rings is 2. The summed E-state index contributed by atoms with van der Waals surface area (Å²) in [5, 5.41) is 1.42. The van der Waals surface area contributed by atoms with E-state index in [9.17, 15) is 4.79 Å². The third kappa shape index (κ3) is 3.75. The highest BCUT2D eigenvalue weighted by molar-refractivity contribution is 6.33. The molecule has 0 saturated carbocycles. The lowest BCUT2D eigenvalue weighted by Gasteiger charge is -2.51. The van der Waals surface area contributed by atoms with E-state index in [0.717, 1.165) is 42.4 Å². The van der Waals surface area contributed by atoms with Gasteiger partial charge in [0.2, 0.25) is 0 Å². The topological polar surface area (TPSA) is 42.4 Å². The molecule has 31 heavy (non-hydrogen) atoms. The van der Waals surface area contributed by atoms with Crippen molar-refractivity contribution >= 4 is 28.5 Å². The van der Waals surface area contributed by atoms with Gasteiger partial charge in [0.15, 0.2) is 0 Å². The second kappa shape index (κ2) is 8.45. The fraction of sp³-hybridized carbons (Fsp3) is 0.308. The molecule has 0 aliphatic carbocycles. The number of halogens is 1. The smallest absolute Gasteiger partial charge is 0.340 e. The molecular formula is C26H25ClN2O2. The zero-order chi connectivity index (χ0) is 21.4. The molecule has 0 spiro atoms. The van der Waals surface area contributed by atoms with Crippen LogP contribution in [0.1, 0.15) is 34.9 Å². The van der Waals surface area contributed by atoms with E-state index < -0.39 is 6.10 Å². The normalized spacial score (nSPS) is 25.8. The number of hydrogen-bond donors (Lipinski definition) is 0. The first kappa shape index (κ1) is 20.2. The molecule has 6 rings (SSSR count). The van der Waals surface area contributed by atoms with Crippen LogP contribution in [0.15, 0.2) is 73.4 Å². The van der Waals surface area contributed by atoms with Crippen LogP contribution < -0.4 is 0 Å². The Morgan fingerprint density at radius 3 is 2.77 bits per heavy atom. The Bertz CT molecular complexity index is 1130. The molecule has 5 unspecified atom stereocenters. The third-order valence-corrected chi connectivity index (χ3v) is 7.15. The Morgan fingerprint density at radius 2 is 2.00 bits per heavy atom. The summed E-state index contributed by atoms with van der Waals surface area (Å²) in [4.78, 5) is 20.2. The molecule has 158 valence electrons. The molecule has 3 aliphatic heterocycles. The summed E-state index contributed by atoms with van der Waals surface area (Å²) in [6.45, 7) is 6.01. The largest absolute Gasteiger partial charge is 0.452 e. The average molecular weight is 433 g/mol. The van der Waals surface area contributed by atoms with Crippen molar-refractivity contribution in [1.29, 1.82) is 0 Å². The highest BCUT2D eigenvalue weighted by Crippen LogP contribution is 2.43. The van der Waals surface area contributed by atoms with Crippen molar-refractivity contribution in [2.24, 2.45) is 11.8 Å². The fourth-order valence-corrected chi connectivity index (χ4v) is 5.43. The highest BCUT2D eigenvalue weighted by Gasteiger charge is 2.44. The Labute approximate surface area is 187 Å². The maximum absolute atomic E-state index is 13.2. The molecule has 2 bridgehead atoms. The minimum Gasteiger partial charge on any atom is -0.452 e. The van der Waals surface area contributed by atoms with E-state index >= 15 is 0 Å². The number of carbonyl (C=O) groups excluding carboxylic acids is 1. The molecule has 1 aromatic heterocycles.